The minimum Gasteiger partial charge on any atom is -0.298 e. The van der Waals surface area contributed by atoms with E-state index in [0.29, 0.717) is 15.7 Å². The lowest BCUT2D eigenvalue weighted by Crippen LogP contribution is -2.12. The first-order valence-corrected chi connectivity index (χ1v) is 7.26. The van der Waals surface area contributed by atoms with Crippen LogP contribution in [0.15, 0.2) is 42.5 Å². The third-order valence-electron chi connectivity index (χ3n) is 2.96. The number of fused-ring (bicyclic) bond motifs is 1. The minimum absolute atomic E-state index is 0.243. The van der Waals surface area contributed by atoms with Crippen LogP contribution in [0.1, 0.15) is 15.9 Å². The van der Waals surface area contributed by atoms with Crippen molar-refractivity contribution in [2.75, 3.05) is 5.32 Å². The summed E-state index contributed by atoms with van der Waals surface area (Å²) in [5, 5.41) is 3.82. The summed E-state index contributed by atoms with van der Waals surface area (Å²) in [6.45, 7) is 2.00. The maximum Gasteiger partial charge on any atom is 0.258 e. The number of nitrogens with one attached hydrogen (secondary N) is 1. The third kappa shape index (κ3) is 2.40. The molecule has 0 bridgehead atoms. The number of carbonyl (C=O) groups is 1. The Kier molecular flexibility index (Phi) is 3.42. The van der Waals surface area contributed by atoms with E-state index in [2.05, 4.69) is 10.3 Å². The number of thiazole rings is 1. The number of amides is 1. The summed E-state index contributed by atoms with van der Waals surface area (Å²) >= 11 is 7.47. The Labute approximate surface area is 125 Å². The van der Waals surface area contributed by atoms with Gasteiger partial charge in [-0.05, 0) is 30.7 Å². The SMILES string of the molecule is Cc1cccc2sc(NC(=O)c3ccccc3Cl)nc12. The van der Waals surface area contributed by atoms with Crippen LogP contribution in [0.4, 0.5) is 5.13 Å². The number of anilines is 1. The first-order valence-electron chi connectivity index (χ1n) is 6.07. The van der Waals surface area contributed by atoms with Gasteiger partial charge < -0.3 is 0 Å². The molecule has 100 valence electrons. The van der Waals surface area contributed by atoms with Gasteiger partial charge in [-0.25, -0.2) is 4.98 Å². The lowest BCUT2D eigenvalue weighted by atomic mass is 10.2. The number of hydrogen-bond donors (Lipinski definition) is 1. The predicted molar refractivity (Wildman–Crippen MR) is 83.8 cm³/mol. The Bertz CT molecular complexity index is 797. The Morgan fingerprint density at radius 3 is 2.75 bits per heavy atom. The highest BCUT2D eigenvalue weighted by Crippen LogP contribution is 2.28. The van der Waals surface area contributed by atoms with Gasteiger partial charge in [-0.1, -0.05) is 47.2 Å². The van der Waals surface area contributed by atoms with Crippen molar-refractivity contribution in [3.05, 3.63) is 58.6 Å². The molecule has 1 aromatic heterocycles. The fourth-order valence-corrected chi connectivity index (χ4v) is 3.11. The molecular weight excluding hydrogens is 292 g/mol. The number of halogens is 1. The van der Waals surface area contributed by atoms with Crippen LogP contribution in [-0.2, 0) is 0 Å². The molecule has 0 radical (unpaired) electrons. The van der Waals surface area contributed by atoms with Crippen LogP contribution < -0.4 is 5.32 Å². The zero-order chi connectivity index (χ0) is 14.1. The van der Waals surface area contributed by atoms with Crippen molar-refractivity contribution in [1.82, 2.24) is 4.98 Å². The number of aryl methyl sites for hydroxylation is 1. The normalized spacial score (nSPS) is 10.7. The molecule has 2 aromatic carbocycles. The highest BCUT2D eigenvalue weighted by molar-refractivity contribution is 7.22. The molecule has 0 saturated carbocycles. The van der Waals surface area contributed by atoms with Crippen molar-refractivity contribution >= 4 is 44.2 Å². The smallest absolute Gasteiger partial charge is 0.258 e. The molecular formula is C15H11ClN2OS. The number of aromatic nitrogens is 1. The van der Waals surface area contributed by atoms with E-state index in [1.54, 1.807) is 24.3 Å². The standard InChI is InChI=1S/C15H11ClN2OS/c1-9-5-4-8-12-13(9)17-15(20-12)18-14(19)10-6-2-3-7-11(10)16/h2-8H,1H3,(H,17,18,19). The fraction of sp³-hybridized carbons (Fsp3) is 0.0667. The fourth-order valence-electron chi connectivity index (χ4n) is 1.95. The van der Waals surface area contributed by atoms with Gasteiger partial charge in [0.1, 0.15) is 0 Å². The van der Waals surface area contributed by atoms with E-state index in [9.17, 15) is 4.79 Å². The van der Waals surface area contributed by atoms with Crippen molar-refractivity contribution in [2.24, 2.45) is 0 Å². The molecule has 1 amide bonds. The van der Waals surface area contributed by atoms with Crippen LogP contribution in [0.25, 0.3) is 10.2 Å². The maximum absolute atomic E-state index is 12.2. The Hall–Kier alpha value is -1.91. The molecule has 0 fully saturated rings. The van der Waals surface area contributed by atoms with Gasteiger partial charge >= 0.3 is 0 Å². The summed E-state index contributed by atoms with van der Waals surface area (Å²) < 4.78 is 1.06. The van der Waals surface area contributed by atoms with Gasteiger partial charge in [0.05, 0.1) is 20.8 Å². The molecule has 3 aromatic rings. The second-order valence-corrected chi connectivity index (χ2v) is 5.81. The summed E-state index contributed by atoms with van der Waals surface area (Å²) in [5.74, 6) is -0.243. The van der Waals surface area contributed by atoms with E-state index in [1.807, 2.05) is 25.1 Å². The van der Waals surface area contributed by atoms with Gasteiger partial charge in [0, 0.05) is 0 Å². The average molecular weight is 303 g/mol. The molecule has 20 heavy (non-hydrogen) atoms. The molecule has 1 heterocycles. The number of hydrogen-bond acceptors (Lipinski definition) is 3. The van der Waals surface area contributed by atoms with Crippen LogP contribution in [0, 0.1) is 6.92 Å². The van der Waals surface area contributed by atoms with Gasteiger partial charge in [-0.2, -0.15) is 0 Å². The molecule has 0 saturated heterocycles. The Balaban J connectivity index is 1.92. The third-order valence-corrected chi connectivity index (χ3v) is 4.23. The van der Waals surface area contributed by atoms with Gasteiger partial charge in [-0.15, -0.1) is 0 Å². The number of carbonyl (C=O) groups excluding carboxylic acids is 1. The molecule has 0 atom stereocenters. The number of nitrogens with zero attached hydrogens (tertiary/aromatic N) is 1. The second kappa shape index (κ2) is 5.23. The van der Waals surface area contributed by atoms with Crippen LogP contribution in [0.5, 0.6) is 0 Å². The summed E-state index contributed by atoms with van der Waals surface area (Å²) in [6, 6.07) is 12.9. The van der Waals surface area contributed by atoms with Gasteiger partial charge in [0.15, 0.2) is 5.13 Å². The molecule has 1 N–H and O–H groups in total. The average Bonchev–Trinajstić information content (AvgIpc) is 2.83. The quantitative estimate of drug-likeness (QED) is 0.756. The van der Waals surface area contributed by atoms with E-state index in [-0.39, 0.29) is 5.91 Å². The van der Waals surface area contributed by atoms with Crippen molar-refractivity contribution < 1.29 is 4.79 Å². The van der Waals surface area contributed by atoms with Gasteiger partial charge in [0.25, 0.3) is 5.91 Å². The van der Waals surface area contributed by atoms with E-state index in [4.69, 9.17) is 11.6 Å². The lowest BCUT2D eigenvalue weighted by Gasteiger charge is -2.02. The molecule has 0 aliphatic rings. The largest absolute Gasteiger partial charge is 0.298 e. The number of benzene rings is 2. The molecule has 0 aliphatic carbocycles. The molecule has 0 unspecified atom stereocenters. The van der Waals surface area contributed by atoms with Crippen molar-refractivity contribution in [3.63, 3.8) is 0 Å². The number of rotatable bonds is 2. The van der Waals surface area contributed by atoms with Crippen molar-refractivity contribution in [3.8, 4) is 0 Å². The van der Waals surface area contributed by atoms with E-state index in [0.717, 1.165) is 15.8 Å². The molecule has 0 aliphatic heterocycles. The Morgan fingerprint density at radius 1 is 1.20 bits per heavy atom. The van der Waals surface area contributed by atoms with Crippen LogP contribution >= 0.6 is 22.9 Å². The molecule has 3 rings (SSSR count). The van der Waals surface area contributed by atoms with E-state index in [1.165, 1.54) is 11.3 Å². The molecule has 5 heteroatoms. The van der Waals surface area contributed by atoms with Crippen LogP contribution in [0.3, 0.4) is 0 Å². The highest BCUT2D eigenvalue weighted by atomic mass is 35.5. The van der Waals surface area contributed by atoms with Crippen molar-refractivity contribution in [1.29, 1.82) is 0 Å². The Morgan fingerprint density at radius 2 is 2.00 bits per heavy atom. The predicted octanol–water partition coefficient (Wildman–Crippen LogP) is 4.51. The lowest BCUT2D eigenvalue weighted by molar-refractivity contribution is 0.102. The molecule has 0 spiro atoms. The first kappa shape index (κ1) is 13.1. The van der Waals surface area contributed by atoms with Crippen molar-refractivity contribution in [2.45, 2.75) is 6.92 Å². The number of para-hydroxylation sites is 1. The minimum atomic E-state index is -0.243. The maximum atomic E-state index is 12.2. The zero-order valence-electron chi connectivity index (χ0n) is 10.7. The highest BCUT2D eigenvalue weighted by Gasteiger charge is 2.12. The first-order chi connectivity index (χ1) is 9.65. The van der Waals surface area contributed by atoms with Gasteiger partial charge in [-0.3, -0.25) is 10.1 Å². The topological polar surface area (TPSA) is 42.0 Å². The van der Waals surface area contributed by atoms with Crippen LogP contribution in [0.2, 0.25) is 5.02 Å². The second-order valence-electron chi connectivity index (χ2n) is 4.37. The summed E-state index contributed by atoms with van der Waals surface area (Å²) in [5.41, 5.74) is 2.47. The van der Waals surface area contributed by atoms with Crippen LogP contribution in [-0.4, -0.2) is 10.9 Å². The summed E-state index contributed by atoms with van der Waals surface area (Å²) in [4.78, 5) is 16.6. The summed E-state index contributed by atoms with van der Waals surface area (Å²) in [7, 11) is 0. The monoisotopic (exact) mass is 302 g/mol. The summed E-state index contributed by atoms with van der Waals surface area (Å²) in [6.07, 6.45) is 0. The van der Waals surface area contributed by atoms with E-state index >= 15 is 0 Å². The van der Waals surface area contributed by atoms with E-state index < -0.39 is 0 Å². The molecule has 3 nitrogen and oxygen atoms in total. The van der Waals surface area contributed by atoms with Gasteiger partial charge in [0.2, 0.25) is 0 Å². The zero-order valence-corrected chi connectivity index (χ0v) is 12.3.